The molecule has 0 saturated carbocycles. The zero-order valence-electron chi connectivity index (χ0n) is 14.1. The van der Waals surface area contributed by atoms with Crippen LogP contribution in [0.5, 0.6) is 0 Å². The molecule has 4 nitrogen and oxygen atoms in total. The van der Waals surface area contributed by atoms with Gasteiger partial charge in [-0.15, -0.1) is 6.58 Å². The topological polar surface area (TPSA) is 46.6 Å². The van der Waals surface area contributed by atoms with Gasteiger partial charge in [-0.1, -0.05) is 29.8 Å². The molecular formula is C19H24ClNO3. The molecule has 0 radical (unpaired) electrons. The zero-order chi connectivity index (χ0) is 17.6. The third-order valence-electron chi connectivity index (χ3n) is 4.39. The maximum Gasteiger partial charge on any atom is 0.314 e. The van der Waals surface area contributed by atoms with Gasteiger partial charge in [-0.25, -0.2) is 0 Å². The van der Waals surface area contributed by atoms with Gasteiger partial charge in [0.2, 0.25) is 5.91 Å². The van der Waals surface area contributed by atoms with Crippen molar-refractivity contribution in [1.29, 1.82) is 0 Å². The SMILES string of the molecule is C=CCC(=O)N1CCC[C@](Cc2cccc(Cl)c2)(C(=O)OCC)C1. The third-order valence-corrected chi connectivity index (χ3v) is 4.62. The fourth-order valence-electron chi connectivity index (χ4n) is 3.30. The number of benzene rings is 1. The number of piperidine rings is 1. The second-order valence-corrected chi connectivity index (χ2v) is 6.66. The second-order valence-electron chi connectivity index (χ2n) is 6.22. The molecule has 1 aliphatic rings. The van der Waals surface area contributed by atoms with Crippen molar-refractivity contribution in [2.75, 3.05) is 19.7 Å². The Morgan fingerprint density at radius 1 is 1.46 bits per heavy atom. The van der Waals surface area contributed by atoms with Crippen LogP contribution < -0.4 is 0 Å². The van der Waals surface area contributed by atoms with E-state index >= 15 is 0 Å². The van der Waals surface area contributed by atoms with E-state index < -0.39 is 5.41 Å². The number of rotatable bonds is 6. The predicted molar refractivity (Wildman–Crippen MR) is 94.9 cm³/mol. The average molecular weight is 350 g/mol. The van der Waals surface area contributed by atoms with E-state index in [9.17, 15) is 9.59 Å². The fourth-order valence-corrected chi connectivity index (χ4v) is 3.52. The molecule has 0 bridgehead atoms. The van der Waals surface area contributed by atoms with Crippen molar-refractivity contribution in [2.45, 2.75) is 32.6 Å². The Kier molecular flexibility index (Phi) is 6.44. The monoisotopic (exact) mass is 349 g/mol. The quantitative estimate of drug-likeness (QED) is 0.582. The first-order valence-corrected chi connectivity index (χ1v) is 8.69. The van der Waals surface area contributed by atoms with E-state index in [1.54, 1.807) is 17.9 Å². The number of nitrogens with zero attached hydrogens (tertiary/aromatic N) is 1. The highest BCUT2D eigenvalue weighted by atomic mass is 35.5. The van der Waals surface area contributed by atoms with Crippen LogP contribution in [0.1, 0.15) is 31.7 Å². The summed E-state index contributed by atoms with van der Waals surface area (Å²) in [6.45, 7) is 6.80. The Morgan fingerprint density at radius 3 is 2.92 bits per heavy atom. The summed E-state index contributed by atoms with van der Waals surface area (Å²) >= 11 is 6.08. The number of likely N-dealkylation sites (tertiary alicyclic amines) is 1. The van der Waals surface area contributed by atoms with E-state index in [4.69, 9.17) is 16.3 Å². The van der Waals surface area contributed by atoms with Gasteiger partial charge >= 0.3 is 5.97 Å². The summed E-state index contributed by atoms with van der Waals surface area (Å²) in [5, 5.41) is 0.641. The molecule has 5 heteroatoms. The van der Waals surface area contributed by atoms with Crippen molar-refractivity contribution in [3.63, 3.8) is 0 Å². The normalized spacial score (nSPS) is 20.5. The summed E-state index contributed by atoms with van der Waals surface area (Å²) in [5.41, 5.74) is 0.268. The number of hydrogen-bond acceptors (Lipinski definition) is 3. The van der Waals surface area contributed by atoms with Crippen molar-refractivity contribution >= 4 is 23.5 Å². The minimum atomic E-state index is -0.713. The average Bonchev–Trinajstić information content (AvgIpc) is 2.55. The Balaban J connectivity index is 2.27. The molecule has 1 saturated heterocycles. The summed E-state index contributed by atoms with van der Waals surface area (Å²) in [4.78, 5) is 26.7. The zero-order valence-corrected chi connectivity index (χ0v) is 14.8. The molecule has 1 heterocycles. The van der Waals surface area contributed by atoms with Crippen molar-refractivity contribution in [3.05, 3.63) is 47.5 Å². The summed E-state index contributed by atoms with van der Waals surface area (Å²) in [6, 6.07) is 7.51. The molecule has 0 spiro atoms. The summed E-state index contributed by atoms with van der Waals surface area (Å²) in [5.74, 6) is -0.231. The number of ether oxygens (including phenoxy) is 1. The Hall–Kier alpha value is -1.81. The lowest BCUT2D eigenvalue weighted by atomic mass is 9.75. The van der Waals surface area contributed by atoms with Crippen LogP contribution in [0.25, 0.3) is 0 Å². The molecule has 1 aromatic carbocycles. The van der Waals surface area contributed by atoms with Crippen LogP contribution >= 0.6 is 11.6 Å². The molecule has 1 amide bonds. The highest BCUT2D eigenvalue weighted by Crippen LogP contribution is 2.36. The minimum Gasteiger partial charge on any atom is -0.466 e. The Labute approximate surface area is 148 Å². The van der Waals surface area contributed by atoms with Crippen LogP contribution in [0.15, 0.2) is 36.9 Å². The van der Waals surface area contributed by atoms with Gasteiger partial charge in [-0.3, -0.25) is 9.59 Å². The minimum absolute atomic E-state index is 0.00414. The van der Waals surface area contributed by atoms with Crippen LogP contribution in [0, 0.1) is 5.41 Å². The van der Waals surface area contributed by atoms with Gasteiger partial charge in [-0.2, -0.15) is 0 Å². The standard InChI is InChI=1S/C19H24ClNO3/c1-3-7-17(22)21-11-6-10-19(14-21,18(23)24-4-2)13-15-8-5-9-16(20)12-15/h3,5,8-9,12H,1,4,6-7,10-11,13-14H2,2H3/t19-/m1/s1. The number of carbonyl (C=O) groups excluding carboxylic acids is 2. The predicted octanol–water partition coefficient (Wildman–Crippen LogP) is 3.63. The Morgan fingerprint density at radius 2 is 2.25 bits per heavy atom. The smallest absolute Gasteiger partial charge is 0.314 e. The second kappa shape index (κ2) is 8.34. The number of amides is 1. The molecule has 0 N–H and O–H groups in total. The van der Waals surface area contributed by atoms with Gasteiger partial charge in [-0.05, 0) is 43.9 Å². The largest absolute Gasteiger partial charge is 0.466 e. The lowest BCUT2D eigenvalue weighted by molar-refractivity contribution is -0.160. The number of carbonyl (C=O) groups is 2. The van der Waals surface area contributed by atoms with E-state index in [2.05, 4.69) is 6.58 Å². The lowest BCUT2D eigenvalue weighted by Gasteiger charge is -2.41. The van der Waals surface area contributed by atoms with Crippen molar-refractivity contribution in [1.82, 2.24) is 4.90 Å². The van der Waals surface area contributed by atoms with Crippen LogP contribution in [-0.4, -0.2) is 36.5 Å². The molecule has 1 fully saturated rings. The van der Waals surface area contributed by atoms with Crippen LogP contribution in [0.4, 0.5) is 0 Å². The van der Waals surface area contributed by atoms with Gasteiger partial charge in [0.1, 0.15) is 0 Å². The summed E-state index contributed by atoms with van der Waals surface area (Å²) < 4.78 is 5.35. The van der Waals surface area contributed by atoms with E-state index in [0.717, 1.165) is 12.0 Å². The maximum atomic E-state index is 12.7. The van der Waals surface area contributed by atoms with Gasteiger partial charge in [0.25, 0.3) is 0 Å². The van der Waals surface area contributed by atoms with Crippen molar-refractivity contribution in [3.8, 4) is 0 Å². The highest BCUT2D eigenvalue weighted by Gasteiger charge is 2.44. The Bertz CT molecular complexity index is 616. The number of hydrogen-bond donors (Lipinski definition) is 0. The van der Waals surface area contributed by atoms with E-state index in [0.29, 0.717) is 37.6 Å². The van der Waals surface area contributed by atoms with E-state index in [-0.39, 0.29) is 18.3 Å². The highest BCUT2D eigenvalue weighted by molar-refractivity contribution is 6.30. The fraction of sp³-hybridized carbons (Fsp3) is 0.474. The van der Waals surface area contributed by atoms with Gasteiger partial charge in [0.05, 0.1) is 12.0 Å². The maximum absolute atomic E-state index is 12.7. The van der Waals surface area contributed by atoms with E-state index in [1.165, 1.54) is 0 Å². The number of halogens is 1. The first-order chi connectivity index (χ1) is 11.5. The molecule has 24 heavy (non-hydrogen) atoms. The third kappa shape index (κ3) is 4.38. The first-order valence-electron chi connectivity index (χ1n) is 8.31. The molecule has 130 valence electrons. The van der Waals surface area contributed by atoms with Crippen LogP contribution in [-0.2, 0) is 20.7 Å². The molecular weight excluding hydrogens is 326 g/mol. The molecule has 0 aromatic heterocycles. The molecule has 0 unspecified atom stereocenters. The molecule has 1 aliphatic heterocycles. The molecule has 1 atom stereocenters. The number of esters is 1. The van der Waals surface area contributed by atoms with Gasteiger partial charge in [0.15, 0.2) is 0 Å². The van der Waals surface area contributed by atoms with E-state index in [1.807, 2.05) is 24.3 Å². The van der Waals surface area contributed by atoms with Crippen molar-refractivity contribution < 1.29 is 14.3 Å². The molecule has 2 rings (SSSR count). The van der Waals surface area contributed by atoms with Gasteiger partial charge < -0.3 is 9.64 Å². The van der Waals surface area contributed by atoms with Crippen LogP contribution in [0.2, 0.25) is 5.02 Å². The summed E-state index contributed by atoms with van der Waals surface area (Å²) in [7, 11) is 0. The molecule has 0 aliphatic carbocycles. The molecule has 1 aromatic rings. The van der Waals surface area contributed by atoms with Gasteiger partial charge in [0, 0.05) is 24.5 Å². The first kappa shape index (κ1) is 18.5. The summed E-state index contributed by atoms with van der Waals surface area (Å²) in [6.07, 6.45) is 3.89. The van der Waals surface area contributed by atoms with Crippen LogP contribution in [0.3, 0.4) is 0 Å². The van der Waals surface area contributed by atoms with Crippen molar-refractivity contribution in [2.24, 2.45) is 5.41 Å². The lowest BCUT2D eigenvalue weighted by Crippen LogP contribution is -2.51.